The zero-order valence-corrected chi connectivity index (χ0v) is 15.5. The summed E-state index contributed by atoms with van der Waals surface area (Å²) in [6.07, 6.45) is 1.15. The first-order valence-electron chi connectivity index (χ1n) is 8.06. The van der Waals surface area contributed by atoms with Gasteiger partial charge in [-0.15, -0.1) is 0 Å². The molecule has 25 heavy (non-hydrogen) atoms. The van der Waals surface area contributed by atoms with Gasteiger partial charge in [0.2, 0.25) is 11.8 Å². The number of amides is 2. The van der Waals surface area contributed by atoms with Gasteiger partial charge in [0.05, 0.1) is 25.3 Å². The lowest BCUT2D eigenvalue weighted by molar-refractivity contribution is -0.132. The maximum atomic E-state index is 12.4. The Morgan fingerprint density at radius 3 is 2.84 bits per heavy atom. The highest BCUT2D eigenvalue weighted by atomic mass is 79.9. The van der Waals surface area contributed by atoms with Crippen LogP contribution in [-0.4, -0.2) is 36.9 Å². The van der Waals surface area contributed by atoms with Crippen molar-refractivity contribution in [3.63, 3.8) is 0 Å². The second-order valence-corrected chi connectivity index (χ2v) is 6.85. The third-order valence-electron chi connectivity index (χ3n) is 4.06. The summed E-state index contributed by atoms with van der Waals surface area (Å²) in [6.45, 7) is 0.704. The lowest BCUT2D eigenvalue weighted by Crippen LogP contribution is -2.35. The summed E-state index contributed by atoms with van der Waals surface area (Å²) < 4.78 is 6.28. The van der Waals surface area contributed by atoms with Crippen LogP contribution in [0.1, 0.15) is 11.1 Å². The van der Waals surface area contributed by atoms with Crippen molar-refractivity contribution in [3.8, 4) is 5.75 Å². The van der Waals surface area contributed by atoms with Gasteiger partial charge in [-0.05, 0) is 45.3 Å². The van der Waals surface area contributed by atoms with Crippen molar-refractivity contribution >= 4 is 33.4 Å². The van der Waals surface area contributed by atoms with Gasteiger partial charge in [-0.25, -0.2) is 0 Å². The predicted molar refractivity (Wildman–Crippen MR) is 99.8 cm³/mol. The lowest BCUT2D eigenvalue weighted by Gasteiger charge is -2.17. The van der Waals surface area contributed by atoms with Gasteiger partial charge < -0.3 is 15.0 Å². The number of carbonyl (C=O) groups is 2. The van der Waals surface area contributed by atoms with E-state index in [1.165, 1.54) is 4.90 Å². The number of benzene rings is 2. The van der Waals surface area contributed by atoms with E-state index < -0.39 is 0 Å². The molecule has 2 amide bonds. The van der Waals surface area contributed by atoms with Gasteiger partial charge in [0, 0.05) is 17.9 Å². The average Bonchev–Trinajstić information content (AvgIpc) is 3.04. The topological polar surface area (TPSA) is 58.6 Å². The Labute approximate surface area is 155 Å². The van der Waals surface area contributed by atoms with Gasteiger partial charge in [0.15, 0.2) is 0 Å². The Morgan fingerprint density at radius 1 is 1.24 bits per heavy atom. The van der Waals surface area contributed by atoms with Crippen molar-refractivity contribution in [2.24, 2.45) is 0 Å². The summed E-state index contributed by atoms with van der Waals surface area (Å²) >= 11 is 3.38. The highest BCUT2D eigenvalue weighted by Crippen LogP contribution is 2.26. The van der Waals surface area contributed by atoms with E-state index in [-0.39, 0.29) is 24.8 Å². The molecule has 1 heterocycles. The molecule has 0 bridgehead atoms. The number of rotatable bonds is 5. The zero-order valence-electron chi connectivity index (χ0n) is 13.9. The maximum absolute atomic E-state index is 12.4. The number of ether oxygens (including phenoxy) is 1. The first-order valence-corrected chi connectivity index (χ1v) is 8.85. The second-order valence-electron chi connectivity index (χ2n) is 6.00. The van der Waals surface area contributed by atoms with Crippen LogP contribution in [-0.2, 0) is 22.4 Å². The number of halogens is 1. The Morgan fingerprint density at radius 2 is 2.04 bits per heavy atom. The molecule has 2 aromatic rings. The number of likely N-dealkylation sites (N-methyl/N-ethyl adjacent to an activating group) is 1. The molecule has 6 heteroatoms. The van der Waals surface area contributed by atoms with E-state index in [2.05, 4.69) is 21.2 Å². The number of para-hydroxylation sites is 1. The summed E-state index contributed by atoms with van der Waals surface area (Å²) in [5.41, 5.74) is 2.76. The van der Waals surface area contributed by atoms with Crippen molar-refractivity contribution < 1.29 is 14.3 Å². The van der Waals surface area contributed by atoms with Gasteiger partial charge in [-0.3, -0.25) is 9.59 Å². The van der Waals surface area contributed by atoms with E-state index in [9.17, 15) is 9.59 Å². The number of carbonyl (C=O) groups excluding carboxylic acids is 2. The molecule has 0 fully saturated rings. The van der Waals surface area contributed by atoms with E-state index in [4.69, 9.17) is 4.74 Å². The third-order valence-corrected chi connectivity index (χ3v) is 4.76. The SMILES string of the molecule is CN(CC(=O)Nc1ccccc1Br)C(=O)Cc1ccc2c(c1)CCO2. The molecule has 1 N–H and O–H groups in total. The minimum atomic E-state index is -0.231. The van der Waals surface area contributed by atoms with Crippen LogP contribution in [0.5, 0.6) is 5.75 Å². The predicted octanol–water partition coefficient (Wildman–Crippen LogP) is 3.02. The van der Waals surface area contributed by atoms with Crippen molar-refractivity contribution in [2.45, 2.75) is 12.8 Å². The molecule has 1 aliphatic heterocycles. The fraction of sp³-hybridized carbons (Fsp3) is 0.263. The lowest BCUT2D eigenvalue weighted by atomic mass is 10.1. The minimum absolute atomic E-state index is 0.00815. The number of hydrogen-bond donors (Lipinski definition) is 1. The van der Waals surface area contributed by atoms with E-state index in [0.29, 0.717) is 12.3 Å². The first-order chi connectivity index (χ1) is 12.0. The Hall–Kier alpha value is -2.34. The molecule has 2 aromatic carbocycles. The molecule has 3 rings (SSSR count). The van der Waals surface area contributed by atoms with Gasteiger partial charge in [0.25, 0.3) is 0 Å². The molecule has 130 valence electrons. The van der Waals surface area contributed by atoms with E-state index in [1.54, 1.807) is 13.1 Å². The Balaban J connectivity index is 1.55. The molecule has 0 aliphatic carbocycles. The number of nitrogens with one attached hydrogen (secondary N) is 1. The molecule has 0 saturated heterocycles. The molecule has 0 saturated carbocycles. The van der Waals surface area contributed by atoms with Crippen molar-refractivity contribution in [1.82, 2.24) is 4.90 Å². The number of nitrogens with zero attached hydrogens (tertiary/aromatic N) is 1. The molecule has 0 aromatic heterocycles. The van der Waals surface area contributed by atoms with Crippen LogP contribution in [0.25, 0.3) is 0 Å². The van der Waals surface area contributed by atoms with Crippen LogP contribution >= 0.6 is 15.9 Å². The standard InChI is InChI=1S/C19H19BrN2O3/c1-22(12-18(23)21-16-5-3-2-4-15(16)20)19(24)11-13-6-7-17-14(10-13)8-9-25-17/h2-7,10H,8-9,11-12H2,1H3,(H,21,23). The quantitative estimate of drug-likeness (QED) is 0.835. The molecular weight excluding hydrogens is 384 g/mol. The molecule has 0 unspecified atom stereocenters. The Kier molecular flexibility index (Phi) is 5.38. The fourth-order valence-corrected chi connectivity index (χ4v) is 3.10. The highest BCUT2D eigenvalue weighted by Gasteiger charge is 2.17. The summed E-state index contributed by atoms with van der Waals surface area (Å²) in [6, 6.07) is 13.2. The van der Waals surface area contributed by atoms with Crippen LogP contribution in [0.15, 0.2) is 46.9 Å². The van der Waals surface area contributed by atoms with Gasteiger partial charge in [-0.2, -0.15) is 0 Å². The average molecular weight is 403 g/mol. The monoisotopic (exact) mass is 402 g/mol. The van der Waals surface area contributed by atoms with Crippen LogP contribution in [0, 0.1) is 0 Å². The second kappa shape index (κ2) is 7.70. The molecule has 0 atom stereocenters. The summed E-state index contributed by atoms with van der Waals surface area (Å²) in [5, 5.41) is 2.80. The van der Waals surface area contributed by atoms with E-state index in [0.717, 1.165) is 27.8 Å². The minimum Gasteiger partial charge on any atom is -0.493 e. The summed E-state index contributed by atoms with van der Waals surface area (Å²) in [5.74, 6) is 0.573. The molecule has 0 radical (unpaired) electrons. The van der Waals surface area contributed by atoms with E-state index in [1.807, 2.05) is 36.4 Å². The first kappa shape index (κ1) is 17.5. The molecule has 0 spiro atoms. The van der Waals surface area contributed by atoms with Crippen molar-refractivity contribution in [1.29, 1.82) is 0 Å². The Bertz CT molecular complexity index is 807. The maximum Gasteiger partial charge on any atom is 0.244 e. The summed E-state index contributed by atoms with van der Waals surface area (Å²) in [7, 11) is 1.64. The zero-order chi connectivity index (χ0) is 17.8. The van der Waals surface area contributed by atoms with Gasteiger partial charge in [-0.1, -0.05) is 24.3 Å². The van der Waals surface area contributed by atoms with Crippen LogP contribution in [0.2, 0.25) is 0 Å². The molecule has 5 nitrogen and oxygen atoms in total. The molecular formula is C19H19BrN2O3. The van der Waals surface area contributed by atoms with Gasteiger partial charge >= 0.3 is 0 Å². The number of fused-ring (bicyclic) bond motifs is 1. The highest BCUT2D eigenvalue weighted by molar-refractivity contribution is 9.10. The van der Waals surface area contributed by atoms with Crippen LogP contribution in [0.3, 0.4) is 0 Å². The molecule has 1 aliphatic rings. The van der Waals surface area contributed by atoms with Crippen LogP contribution in [0.4, 0.5) is 5.69 Å². The van der Waals surface area contributed by atoms with Gasteiger partial charge in [0.1, 0.15) is 5.75 Å². The van der Waals surface area contributed by atoms with Crippen LogP contribution < -0.4 is 10.1 Å². The third kappa shape index (κ3) is 4.39. The van der Waals surface area contributed by atoms with Crippen molar-refractivity contribution in [2.75, 3.05) is 25.5 Å². The van der Waals surface area contributed by atoms with E-state index >= 15 is 0 Å². The number of hydrogen-bond acceptors (Lipinski definition) is 3. The fourth-order valence-electron chi connectivity index (χ4n) is 2.72. The normalized spacial score (nSPS) is 12.2. The smallest absolute Gasteiger partial charge is 0.244 e. The largest absolute Gasteiger partial charge is 0.493 e. The van der Waals surface area contributed by atoms with Crippen molar-refractivity contribution in [3.05, 3.63) is 58.1 Å². The summed E-state index contributed by atoms with van der Waals surface area (Å²) in [4.78, 5) is 26.0. The number of anilines is 1.